The van der Waals surface area contributed by atoms with Crippen molar-refractivity contribution in [1.82, 2.24) is 20.2 Å². The summed E-state index contributed by atoms with van der Waals surface area (Å²) >= 11 is 0. The molecule has 1 unspecified atom stereocenters. The standard InChI is InChI=1S/C26H28N4O3/c31-22-13-11-20(12-14-22)24(25(32)29-21-9-5-2-6-10-21)30(18-19-7-3-1-4-8-19)26(33)23-17-27-15-16-28-23/h1,3-4,7-8,11-17,21,24,31H,2,5-6,9-10,18H2,(H,29,32). The van der Waals surface area contributed by atoms with Crippen LogP contribution < -0.4 is 5.32 Å². The van der Waals surface area contributed by atoms with Crippen LogP contribution >= 0.6 is 0 Å². The van der Waals surface area contributed by atoms with Gasteiger partial charge in [0.1, 0.15) is 17.5 Å². The monoisotopic (exact) mass is 444 g/mol. The Morgan fingerprint density at radius 1 is 1.00 bits per heavy atom. The van der Waals surface area contributed by atoms with E-state index in [-0.39, 0.29) is 35.8 Å². The Kier molecular flexibility index (Phi) is 7.29. The van der Waals surface area contributed by atoms with E-state index in [2.05, 4.69) is 15.3 Å². The molecule has 2 amide bonds. The van der Waals surface area contributed by atoms with E-state index in [1.54, 1.807) is 12.1 Å². The van der Waals surface area contributed by atoms with Crippen LogP contribution in [0, 0.1) is 0 Å². The molecule has 2 aromatic carbocycles. The highest BCUT2D eigenvalue weighted by atomic mass is 16.3. The number of nitrogens with zero attached hydrogens (tertiary/aromatic N) is 3. The van der Waals surface area contributed by atoms with Crippen LogP contribution in [0.3, 0.4) is 0 Å². The number of hydrogen-bond acceptors (Lipinski definition) is 5. The van der Waals surface area contributed by atoms with Crippen molar-refractivity contribution in [3.63, 3.8) is 0 Å². The van der Waals surface area contributed by atoms with Crippen LogP contribution in [0.5, 0.6) is 5.75 Å². The van der Waals surface area contributed by atoms with Gasteiger partial charge >= 0.3 is 0 Å². The minimum absolute atomic E-state index is 0.0936. The fourth-order valence-corrected chi connectivity index (χ4v) is 4.27. The van der Waals surface area contributed by atoms with Gasteiger partial charge in [0.05, 0.1) is 6.20 Å². The van der Waals surface area contributed by atoms with Gasteiger partial charge in [-0.1, -0.05) is 61.7 Å². The third-order valence-electron chi connectivity index (χ3n) is 5.96. The number of aromatic hydroxyl groups is 1. The largest absolute Gasteiger partial charge is 0.508 e. The van der Waals surface area contributed by atoms with Crippen LogP contribution in [0.2, 0.25) is 0 Å². The number of phenolic OH excluding ortho intramolecular Hbond substituents is 1. The Labute approximate surface area is 193 Å². The fourth-order valence-electron chi connectivity index (χ4n) is 4.27. The van der Waals surface area contributed by atoms with Gasteiger partial charge in [0, 0.05) is 25.0 Å². The molecule has 3 aromatic rings. The lowest BCUT2D eigenvalue weighted by Crippen LogP contribution is -2.47. The quantitative estimate of drug-likeness (QED) is 0.574. The SMILES string of the molecule is O=C(NC1CCCCC1)C(c1ccc(O)cc1)N(Cc1ccccc1)C(=O)c1cnccn1. The van der Waals surface area contributed by atoms with Crippen molar-refractivity contribution in [3.8, 4) is 5.75 Å². The number of amides is 2. The Balaban J connectivity index is 1.72. The summed E-state index contributed by atoms with van der Waals surface area (Å²) in [6, 6.07) is 15.2. The first-order valence-corrected chi connectivity index (χ1v) is 11.3. The molecule has 0 radical (unpaired) electrons. The average Bonchev–Trinajstić information content (AvgIpc) is 2.86. The van der Waals surface area contributed by atoms with E-state index in [0.717, 1.165) is 31.2 Å². The van der Waals surface area contributed by atoms with Gasteiger partial charge in [0.2, 0.25) is 5.91 Å². The van der Waals surface area contributed by atoms with Crippen LogP contribution in [0.4, 0.5) is 0 Å². The van der Waals surface area contributed by atoms with Gasteiger partial charge in [-0.15, -0.1) is 0 Å². The number of aromatic nitrogens is 2. The molecular formula is C26H28N4O3. The maximum absolute atomic E-state index is 13.7. The summed E-state index contributed by atoms with van der Waals surface area (Å²) < 4.78 is 0. The van der Waals surface area contributed by atoms with Crippen LogP contribution in [0.25, 0.3) is 0 Å². The first-order chi connectivity index (χ1) is 16.1. The first-order valence-electron chi connectivity index (χ1n) is 11.3. The number of carbonyl (C=O) groups excluding carboxylic acids is 2. The zero-order chi connectivity index (χ0) is 23.0. The second kappa shape index (κ2) is 10.7. The zero-order valence-electron chi connectivity index (χ0n) is 18.4. The molecule has 4 rings (SSSR count). The van der Waals surface area contributed by atoms with Crippen LogP contribution in [-0.4, -0.2) is 37.8 Å². The van der Waals surface area contributed by atoms with E-state index in [1.807, 2.05) is 30.3 Å². The normalized spacial score (nSPS) is 14.9. The van der Waals surface area contributed by atoms with Crippen molar-refractivity contribution in [2.75, 3.05) is 0 Å². The van der Waals surface area contributed by atoms with Gasteiger partial charge in [-0.25, -0.2) is 4.98 Å². The number of phenols is 1. The maximum Gasteiger partial charge on any atom is 0.275 e. The molecule has 2 N–H and O–H groups in total. The molecule has 1 saturated carbocycles. The number of rotatable bonds is 7. The van der Waals surface area contributed by atoms with Crippen LogP contribution in [0.15, 0.2) is 73.2 Å². The number of nitrogens with one attached hydrogen (secondary N) is 1. The Morgan fingerprint density at radius 2 is 1.73 bits per heavy atom. The second-order valence-electron chi connectivity index (χ2n) is 8.35. The van der Waals surface area contributed by atoms with Crippen molar-refractivity contribution in [1.29, 1.82) is 0 Å². The van der Waals surface area contributed by atoms with E-state index in [4.69, 9.17) is 0 Å². The number of benzene rings is 2. The molecule has 0 bridgehead atoms. The summed E-state index contributed by atoms with van der Waals surface area (Å²) in [5, 5.41) is 13.0. The molecule has 1 aliphatic rings. The Bertz CT molecular complexity index is 1050. The smallest absolute Gasteiger partial charge is 0.275 e. The number of hydrogen-bond donors (Lipinski definition) is 2. The minimum Gasteiger partial charge on any atom is -0.508 e. The van der Waals surface area contributed by atoms with Gasteiger partial charge in [-0.3, -0.25) is 14.6 Å². The van der Waals surface area contributed by atoms with Gasteiger partial charge < -0.3 is 15.3 Å². The lowest BCUT2D eigenvalue weighted by atomic mass is 9.94. The molecular weight excluding hydrogens is 416 g/mol. The second-order valence-corrected chi connectivity index (χ2v) is 8.35. The molecule has 7 nitrogen and oxygen atoms in total. The summed E-state index contributed by atoms with van der Waals surface area (Å²) in [6.07, 6.45) is 9.60. The minimum atomic E-state index is -0.887. The van der Waals surface area contributed by atoms with E-state index in [1.165, 1.54) is 42.0 Å². The molecule has 1 atom stereocenters. The first kappa shape index (κ1) is 22.5. The summed E-state index contributed by atoms with van der Waals surface area (Å²) in [6.45, 7) is 0.222. The predicted molar refractivity (Wildman–Crippen MR) is 124 cm³/mol. The topological polar surface area (TPSA) is 95.4 Å². The highest BCUT2D eigenvalue weighted by Gasteiger charge is 2.34. The highest BCUT2D eigenvalue weighted by Crippen LogP contribution is 2.28. The van der Waals surface area contributed by atoms with E-state index in [0.29, 0.717) is 5.56 Å². The fraction of sp³-hybridized carbons (Fsp3) is 0.308. The molecule has 0 saturated heterocycles. The average molecular weight is 445 g/mol. The maximum atomic E-state index is 13.7. The molecule has 0 spiro atoms. The molecule has 1 aromatic heterocycles. The molecule has 1 fully saturated rings. The molecule has 1 heterocycles. The third kappa shape index (κ3) is 5.74. The van der Waals surface area contributed by atoms with Gasteiger partial charge in [0.25, 0.3) is 5.91 Å². The molecule has 33 heavy (non-hydrogen) atoms. The third-order valence-corrected chi connectivity index (χ3v) is 5.96. The molecule has 170 valence electrons. The number of carbonyl (C=O) groups is 2. The molecule has 0 aliphatic heterocycles. The van der Waals surface area contributed by atoms with Crippen LogP contribution in [0.1, 0.15) is 59.8 Å². The predicted octanol–water partition coefficient (Wildman–Crippen LogP) is 4.01. The van der Waals surface area contributed by atoms with E-state index in [9.17, 15) is 14.7 Å². The lowest BCUT2D eigenvalue weighted by molar-refractivity contribution is -0.127. The highest BCUT2D eigenvalue weighted by molar-refractivity contribution is 5.96. The van der Waals surface area contributed by atoms with Crippen molar-refractivity contribution < 1.29 is 14.7 Å². The molecule has 7 heteroatoms. The molecule has 1 aliphatic carbocycles. The van der Waals surface area contributed by atoms with Gasteiger partial charge in [-0.05, 0) is 36.1 Å². The Morgan fingerprint density at radius 3 is 2.39 bits per heavy atom. The summed E-state index contributed by atoms with van der Waals surface area (Å²) in [4.78, 5) is 37.0. The summed E-state index contributed by atoms with van der Waals surface area (Å²) in [7, 11) is 0. The lowest BCUT2D eigenvalue weighted by Gasteiger charge is -2.33. The van der Waals surface area contributed by atoms with Crippen molar-refractivity contribution in [2.45, 2.75) is 50.7 Å². The van der Waals surface area contributed by atoms with E-state index >= 15 is 0 Å². The summed E-state index contributed by atoms with van der Waals surface area (Å²) in [5.74, 6) is -0.523. The van der Waals surface area contributed by atoms with E-state index < -0.39 is 6.04 Å². The van der Waals surface area contributed by atoms with Crippen LogP contribution in [-0.2, 0) is 11.3 Å². The van der Waals surface area contributed by atoms with Gasteiger partial charge in [0.15, 0.2) is 0 Å². The van der Waals surface area contributed by atoms with Crippen molar-refractivity contribution >= 4 is 11.8 Å². The Hall–Kier alpha value is -3.74. The summed E-state index contributed by atoms with van der Waals surface area (Å²) in [5.41, 5.74) is 1.68. The van der Waals surface area contributed by atoms with Crippen molar-refractivity contribution in [3.05, 3.63) is 90.0 Å². The zero-order valence-corrected chi connectivity index (χ0v) is 18.4. The van der Waals surface area contributed by atoms with Gasteiger partial charge in [-0.2, -0.15) is 0 Å². The van der Waals surface area contributed by atoms with Crippen molar-refractivity contribution in [2.24, 2.45) is 0 Å².